The van der Waals surface area contributed by atoms with E-state index in [9.17, 15) is 18.0 Å². The molecule has 0 N–H and O–H groups in total. The highest BCUT2D eigenvalue weighted by Gasteiger charge is 2.40. The molecular weight excluding hydrogens is 137 g/mol. The van der Waals surface area contributed by atoms with Gasteiger partial charge in [-0.1, -0.05) is 0 Å². The zero-order chi connectivity index (χ0) is 7.49. The van der Waals surface area contributed by atoms with Gasteiger partial charge in [0.15, 0.2) is 0 Å². The van der Waals surface area contributed by atoms with E-state index in [-0.39, 0.29) is 0 Å². The molecule has 9 heavy (non-hydrogen) atoms. The van der Waals surface area contributed by atoms with Gasteiger partial charge in [-0.25, -0.2) is 0 Å². The molecule has 2 nitrogen and oxygen atoms in total. The number of rotatable bonds is 2. The van der Waals surface area contributed by atoms with Crippen LogP contribution >= 0.6 is 0 Å². The summed E-state index contributed by atoms with van der Waals surface area (Å²) in [4.78, 5) is 9.41. The van der Waals surface area contributed by atoms with Crippen LogP contribution in [-0.2, 0) is 9.53 Å². The summed E-state index contributed by atoms with van der Waals surface area (Å²) in [6, 6.07) is 0. The van der Waals surface area contributed by atoms with Crippen LogP contribution in [0.3, 0.4) is 0 Å². The largest absolute Gasteiger partial charge is 0.422 e. The second kappa shape index (κ2) is 2.82. The Labute approximate surface area is 49.6 Å². The molecule has 0 aliphatic heterocycles. The highest BCUT2D eigenvalue weighted by atomic mass is 19.4. The van der Waals surface area contributed by atoms with Gasteiger partial charge in [0, 0.05) is 7.11 Å². The molecule has 0 bridgehead atoms. The summed E-state index contributed by atoms with van der Waals surface area (Å²) in [5.74, 6) is 0. The van der Waals surface area contributed by atoms with Crippen molar-refractivity contribution in [2.45, 2.75) is 12.3 Å². The standard InChI is InChI=1S/C4H4F3O2/c1-9-3(2-8)4(5,6)7/h3H,1H3/t3-/m0/s1. The van der Waals surface area contributed by atoms with Gasteiger partial charge in [-0.15, -0.1) is 0 Å². The van der Waals surface area contributed by atoms with Crippen LogP contribution in [0.5, 0.6) is 0 Å². The molecule has 0 saturated carbocycles. The van der Waals surface area contributed by atoms with Crippen LogP contribution in [0.15, 0.2) is 0 Å². The summed E-state index contributed by atoms with van der Waals surface area (Å²) in [6.45, 7) is 0. The van der Waals surface area contributed by atoms with Crippen LogP contribution in [0, 0.1) is 0 Å². The lowest BCUT2D eigenvalue weighted by Crippen LogP contribution is -2.31. The average Bonchev–Trinajstić information content (AvgIpc) is 1.65. The quantitative estimate of drug-likeness (QED) is 0.565. The number of ether oxygens (including phenoxy) is 1. The van der Waals surface area contributed by atoms with E-state index in [0.717, 1.165) is 7.11 Å². The summed E-state index contributed by atoms with van der Waals surface area (Å²) < 4.78 is 37.7. The van der Waals surface area contributed by atoms with Gasteiger partial charge in [0.25, 0.3) is 0 Å². The lowest BCUT2D eigenvalue weighted by molar-refractivity contribution is -0.189. The van der Waals surface area contributed by atoms with E-state index in [2.05, 4.69) is 4.74 Å². The normalized spacial score (nSPS) is 15.1. The Morgan fingerprint density at radius 3 is 2.00 bits per heavy atom. The van der Waals surface area contributed by atoms with E-state index in [4.69, 9.17) is 0 Å². The Bertz CT molecular complexity index is 98.5. The summed E-state index contributed by atoms with van der Waals surface area (Å²) >= 11 is 0. The second-order valence-corrected chi connectivity index (χ2v) is 1.28. The molecular formula is C4H4F3O2. The van der Waals surface area contributed by atoms with Crippen LogP contribution in [0.2, 0.25) is 0 Å². The Morgan fingerprint density at radius 1 is 1.56 bits per heavy atom. The minimum absolute atomic E-state index is 0.694. The topological polar surface area (TPSA) is 26.3 Å². The highest BCUT2D eigenvalue weighted by molar-refractivity contribution is 5.58. The molecule has 0 spiro atoms. The summed E-state index contributed by atoms with van der Waals surface area (Å²) in [5, 5.41) is 0. The molecule has 0 aromatic rings. The van der Waals surface area contributed by atoms with Crippen LogP contribution < -0.4 is 0 Å². The van der Waals surface area contributed by atoms with Crippen molar-refractivity contribution < 1.29 is 22.7 Å². The van der Waals surface area contributed by atoms with E-state index < -0.39 is 12.3 Å². The third-order valence-electron chi connectivity index (χ3n) is 0.640. The van der Waals surface area contributed by atoms with E-state index >= 15 is 0 Å². The number of hydrogen-bond donors (Lipinski definition) is 0. The van der Waals surface area contributed by atoms with Crippen molar-refractivity contribution in [1.29, 1.82) is 0 Å². The third kappa shape index (κ3) is 2.46. The first-order valence-corrected chi connectivity index (χ1v) is 1.99. The first kappa shape index (κ1) is 8.42. The zero-order valence-electron chi connectivity index (χ0n) is 4.53. The molecule has 0 aliphatic rings. The van der Waals surface area contributed by atoms with E-state index in [0.29, 0.717) is 6.29 Å². The first-order valence-electron chi connectivity index (χ1n) is 1.99. The Kier molecular flexibility index (Phi) is 2.64. The third-order valence-corrected chi connectivity index (χ3v) is 0.640. The lowest BCUT2D eigenvalue weighted by Gasteiger charge is -2.10. The van der Waals surface area contributed by atoms with Gasteiger partial charge in [0.1, 0.15) is 0 Å². The van der Waals surface area contributed by atoms with Gasteiger partial charge in [-0.3, -0.25) is 4.79 Å². The van der Waals surface area contributed by atoms with Crippen molar-refractivity contribution in [3.05, 3.63) is 0 Å². The first-order chi connectivity index (χ1) is 4.02. The van der Waals surface area contributed by atoms with Crippen molar-refractivity contribution >= 4 is 6.29 Å². The fraction of sp³-hybridized carbons (Fsp3) is 0.750. The predicted molar refractivity (Wildman–Crippen MR) is 22.5 cm³/mol. The molecule has 5 heteroatoms. The number of hydrogen-bond acceptors (Lipinski definition) is 2. The van der Waals surface area contributed by atoms with Crippen molar-refractivity contribution in [1.82, 2.24) is 0 Å². The maximum atomic E-state index is 11.3. The summed E-state index contributed by atoms with van der Waals surface area (Å²) in [7, 11) is 0.795. The number of halogens is 3. The molecule has 0 aromatic heterocycles. The van der Waals surface area contributed by atoms with Crippen LogP contribution in [-0.4, -0.2) is 25.7 Å². The SMILES string of the molecule is CO[C@@H]([C]=O)C(F)(F)F. The Hall–Kier alpha value is -0.580. The second-order valence-electron chi connectivity index (χ2n) is 1.28. The summed E-state index contributed by atoms with van der Waals surface area (Å²) in [6.07, 6.45) is -6.34. The molecule has 1 radical (unpaired) electrons. The molecule has 53 valence electrons. The van der Waals surface area contributed by atoms with Crippen molar-refractivity contribution in [3.8, 4) is 0 Å². The molecule has 0 heterocycles. The number of methoxy groups -OCH3 is 1. The highest BCUT2D eigenvalue weighted by Crippen LogP contribution is 2.20. The number of alkyl halides is 3. The van der Waals surface area contributed by atoms with Gasteiger partial charge >= 0.3 is 6.18 Å². The minimum Gasteiger partial charge on any atom is -0.364 e. The number of carbonyl (C=O) groups excluding carboxylic acids is 1. The van der Waals surface area contributed by atoms with E-state index in [1.165, 1.54) is 0 Å². The van der Waals surface area contributed by atoms with Gasteiger partial charge in [-0.05, 0) is 0 Å². The van der Waals surface area contributed by atoms with Gasteiger partial charge < -0.3 is 4.74 Å². The fourth-order valence-corrected chi connectivity index (χ4v) is 0.249. The molecule has 0 fully saturated rings. The van der Waals surface area contributed by atoms with Gasteiger partial charge in [0.2, 0.25) is 12.4 Å². The smallest absolute Gasteiger partial charge is 0.364 e. The maximum Gasteiger partial charge on any atom is 0.422 e. The molecule has 0 amide bonds. The Balaban J connectivity index is 3.94. The lowest BCUT2D eigenvalue weighted by atomic mass is 10.4. The molecule has 0 saturated heterocycles. The van der Waals surface area contributed by atoms with E-state index in [1.54, 1.807) is 0 Å². The average molecular weight is 141 g/mol. The van der Waals surface area contributed by atoms with Crippen LogP contribution in [0.4, 0.5) is 13.2 Å². The van der Waals surface area contributed by atoms with Gasteiger partial charge in [0.05, 0.1) is 0 Å². The van der Waals surface area contributed by atoms with Crippen LogP contribution in [0.1, 0.15) is 0 Å². The van der Waals surface area contributed by atoms with Crippen molar-refractivity contribution in [2.75, 3.05) is 7.11 Å². The molecule has 0 aliphatic carbocycles. The summed E-state index contributed by atoms with van der Waals surface area (Å²) in [5.41, 5.74) is 0. The van der Waals surface area contributed by atoms with Gasteiger partial charge in [-0.2, -0.15) is 13.2 Å². The molecule has 0 rings (SSSR count). The predicted octanol–water partition coefficient (Wildman–Crippen LogP) is 0.673. The molecule has 0 unspecified atom stereocenters. The van der Waals surface area contributed by atoms with E-state index in [1.807, 2.05) is 0 Å². The monoisotopic (exact) mass is 141 g/mol. The Morgan fingerprint density at radius 2 is 2.00 bits per heavy atom. The van der Waals surface area contributed by atoms with Crippen molar-refractivity contribution in [2.24, 2.45) is 0 Å². The molecule has 0 aromatic carbocycles. The zero-order valence-corrected chi connectivity index (χ0v) is 4.53. The minimum atomic E-state index is -4.63. The maximum absolute atomic E-state index is 11.3. The van der Waals surface area contributed by atoms with Crippen molar-refractivity contribution in [3.63, 3.8) is 0 Å². The van der Waals surface area contributed by atoms with Crippen LogP contribution in [0.25, 0.3) is 0 Å². The fourth-order valence-electron chi connectivity index (χ4n) is 0.249. The molecule has 1 atom stereocenters.